The van der Waals surface area contributed by atoms with E-state index in [4.69, 9.17) is 5.11 Å². The highest BCUT2D eigenvalue weighted by atomic mass is 16.3. The Labute approximate surface area is 96.1 Å². The van der Waals surface area contributed by atoms with Gasteiger partial charge in [0.1, 0.15) is 5.82 Å². The highest BCUT2D eigenvalue weighted by molar-refractivity contribution is 5.42. The van der Waals surface area contributed by atoms with Crippen molar-refractivity contribution in [2.24, 2.45) is 5.92 Å². The topological polar surface area (TPSA) is 36.4 Å². The van der Waals surface area contributed by atoms with Crippen molar-refractivity contribution in [3.8, 4) is 0 Å². The number of aliphatic hydroxyl groups is 1. The first-order valence-electron chi connectivity index (χ1n) is 6.19. The lowest BCUT2D eigenvalue weighted by molar-refractivity contribution is 0.281. The number of aliphatic hydroxyl groups excluding tert-OH is 1. The molecule has 0 spiro atoms. The maximum Gasteiger partial charge on any atom is 0.128 e. The molecule has 0 atom stereocenters. The smallest absolute Gasteiger partial charge is 0.128 e. The quantitative estimate of drug-likeness (QED) is 0.820. The fraction of sp³-hybridized carbons (Fsp3) is 0.615. The molecule has 2 aliphatic rings. The zero-order valence-electron chi connectivity index (χ0n) is 9.47. The highest BCUT2D eigenvalue weighted by Gasteiger charge is 2.34. The van der Waals surface area contributed by atoms with Crippen molar-refractivity contribution in [1.82, 2.24) is 4.98 Å². The lowest BCUT2D eigenvalue weighted by Crippen LogP contribution is -2.28. The predicted molar refractivity (Wildman–Crippen MR) is 63.3 cm³/mol. The van der Waals surface area contributed by atoms with E-state index in [2.05, 4.69) is 9.88 Å². The van der Waals surface area contributed by atoms with Gasteiger partial charge in [-0.05, 0) is 43.2 Å². The van der Waals surface area contributed by atoms with Gasteiger partial charge in [0.15, 0.2) is 0 Å². The number of hydrogen-bond donors (Lipinski definition) is 1. The Bertz CT molecular complexity index is 355. The van der Waals surface area contributed by atoms with Crippen LogP contribution in [0, 0.1) is 5.92 Å². The molecule has 2 aliphatic carbocycles. The Balaban J connectivity index is 1.74. The Morgan fingerprint density at radius 1 is 1.25 bits per heavy atom. The summed E-state index contributed by atoms with van der Waals surface area (Å²) in [5.74, 6) is 1.99. The van der Waals surface area contributed by atoms with Crippen molar-refractivity contribution in [1.29, 1.82) is 0 Å². The van der Waals surface area contributed by atoms with Crippen LogP contribution in [0.3, 0.4) is 0 Å². The van der Waals surface area contributed by atoms with Gasteiger partial charge >= 0.3 is 0 Å². The summed E-state index contributed by atoms with van der Waals surface area (Å²) >= 11 is 0. The zero-order valence-corrected chi connectivity index (χ0v) is 9.47. The van der Waals surface area contributed by atoms with Gasteiger partial charge in [0.05, 0.1) is 6.61 Å². The number of nitrogens with zero attached hydrogens (tertiary/aromatic N) is 2. The summed E-state index contributed by atoms with van der Waals surface area (Å²) in [6.07, 6.45) is 7.19. The third-order valence-electron chi connectivity index (χ3n) is 3.43. The SMILES string of the molecule is OCc1ccc(N(CC2CC2)C2CC2)nc1. The molecule has 2 saturated carbocycles. The summed E-state index contributed by atoms with van der Waals surface area (Å²) in [5, 5.41) is 8.99. The largest absolute Gasteiger partial charge is 0.392 e. The van der Waals surface area contributed by atoms with E-state index in [9.17, 15) is 0 Å². The number of hydrogen-bond acceptors (Lipinski definition) is 3. The van der Waals surface area contributed by atoms with Crippen LogP contribution in [0.4, 0.5) is 5.82 Å². The molecule has 0 unspecified atom stereocenters. The fourth-order valence-corrected chi connectivity index (χ4v) is 2.07. The van der Waals surface area contributed by atoms with Crippen LogP contribution in [-0.4, -0.2) is 22.7 Å². The summed E-state index contributed by atoms with van der Waals surface area (Å²) < 4.78 is 0. The summed E-state index contributed by atoms with van der Waals surface area (Å²) in [7, 11) is 0. The Morgan fingerprint density at radius 3 is 2.56 bits per heavy atom. The van der Waals surface area contributed by atoms with E-state index in [0.29, 0.717) is 0 Å². The van der Waals surface area contributed by atoms with Gasteiger partial charge in [0.25, 0.3) is 0 Å². The van der Waals surface area contributed by atoms with Crippen molar-refractivity contribution in [2.75, 3.05) is 11.4 Å². The number of rotatable bonds is 5. The van der Waals surface area contributed by atoms with Gasteiger partial charge in [-0.1, -0.05) is 6.07 Å². The van der Waals surface area contributed by atoms with Crippen molar-refractivity contribution in [3.63, 3.8) is 0 Å². The normalized spacial score (nSPS) is 19.8. The number of aromatic nitrogens is 1. The Kier molecular flexibility index (Phi) is 2.56. The molecular weight excluding hydrogens is 200 g/mol. The third kappa shape index (κ3) is 2.19. The zero-order chi connectivity index (χ0) is 11.0. The standard InChI is InChI=1S/C13H18N2O/c16-9-11-3-6-13(14-7-11)15(12-4-5-12)8-10-1-2-10/h3,6-7,10,12,16H,1-2,4-5,8-9H2. The van der Waals surface area contributed by atoms with Crippen LogP contribution in [0.25, 0.3) is 0 Å². The molecule has 2 fully saturated rings. The number of anilines is 1. The van der Waals surface area contributed by atoms with E-state index in [1.54, 1.807) is 6.20 Å². The second-order valence-electron chi connectivity index (χ2n) is 5.01. The Morgan fingerprint density at radius 2 is 2.06 bits per heavy atom. The van der Waals surface area contributed by atoms with Gasteiger partial charge in [-0.15, -0.1) is 0 Å². The molecule has 3 nitrogen and oxygen atoms in total. The molecule has 3 heteroatoms. The monoisotopic (exact) mass is 218 g/mol. The van der Waals surface area contributed by atoms with Crippen LogP contribution < -0.4 is 4.90 Å². The maximum absolute atomic E-state index is 8.99. The maximum atomic E-state index is 8.99. The van der Waals surface area contributed by atoms with Gasteiger partial charge in [-0.25, -0.2) is 4.98 Å². The minimum absolute atomic E-state index is 0.0827. The van der Waals surface area contributed by atoms with Gasteiger partial charge in [0.2, 0.25) is 0 Å². The first-order valence-corrected chi connectivity index (χ1v) is 6.19. The molecule has 1 aromatic rings. The van der Waals surface area contributed by atoms with Crippen LogP contribution in [0.1, 0.15) is 31.2 Å². The molecule has 86 valence electrons. The van der Waals surface area contributed by atoms with E-state index in [1.165, 1.54) is 32.2 Å². The molecular formula is C13H18N2O. The van der Waals surface area contributed by atoms with Crippen molar-refractivity contribution in [3.05, 3.63) is 23.9 Å². The van der Waals surface area contributed by atoms with Crippen molar-refractivity contribution in [2.45, 2.75) is 38.3 Å². The third-order valence-corrected chi connectivity index (χ3v) is 3.43. The summed E-state index contributed by atoms with van der Waals surface area (Å²) in [5.41, 5.74) is 0.894. The van der Waals surface area contributed by atoms with E-state index in [1.807, 2.05) is 12.1 Å². The first-order chi connectivity index (χ1) is 7.86. The van der Waals surface area contributed by atoms with Crippen LogP contribution in [0.15, 0.2) is 18.3 Å². The Hall–Kier alpha value is -1.09. The van der Waals surface area contributed by atoms with Crippen molar-refractivity contribution < 1.29 is 5.11 Å². The van der Waals surface area contributed by atoms with Gasteiger partial charge in [-0.2, -0.15) is 0 Å². The molecule has 1 N–H and O–H groups in total. The van der Waals surface area contributed by atoms with E-state index < -0.39 is 0 Å². The molecule has 0 amide bonds. The van der Waals surface area contributed by atoms with E-state index in [-0.39, 0.29) is 6.61 Å². The molecule has 0 bridgehead atoms. The second kappa shape index (κ2) is 4.06. The summed E-state index contributed by atoms with van der Waals surface area (Å²) in [6.45, 7) is 1.26. The highest BCUT2D eigenvalue weighted by Crippen LogP contribution is 2.36. The van der Waals surface area contributed by atoms with E-state index in [0.717, 1.165) is 23.3 Å². The fourth-order valence-electron chi connectivity index (χ4n) is 2.07. The molecule has 3 rings (SSSR count). The second-order valence-corrected chi connectivity index (χ2v) is 5.01. The van der Waals surface area contributed by atoms with Gasteiger partial charge in [-0.3, -0.25) is 0 Å². The molecule has 0 aromatic carbocycles. The lowest BCUT2D eigenvalue weighted by Gasteiger charge is -2.23. The van der Waals surface area contributed by atoms with Gasteiger partial charge < -0.3 is 10.0 Å². The minimum Gasteiger partial charge on any atom is -0.392 e. The van der Waals surface area contributed by atoms with E-state index >= 15 is 0 Å². The molecule has 0 radical (unpaired) electrons. The van der Waals surface area contributed by atoms with Gasteiger partial charge in [0, 0.05) is 18.8 Å². The number of pyridine rings is 1. The molecule has 1 heterocycles. The minimum atomic E-state index is 0.0827. The first kappa shape index (κ1) is 10.1. The van der Waals surface area contributed by atoms with Crippen LogP contribution >= 0.6 is 0 Å². The predicted octanol–water partition coefficient (Wildman–Crippen LogP) is 1.95. The van der Waals surface area contributed by atoms with Crippen molar-refractivity contribution >= 4 is 5.82 Å². The molecule has 1 aromatic heterocycles. The average molecular weight is 218 g/mol. The average Bonchev–Trinajstić information content (AvgIpc) is 3.16. The molecule has 0 aliphatic heterocycles. The van der Waals surface area contributed by atoms with Crippen LogP contribution in [0.5, 0.6) is 0 Å². The lowest BCUT2D eigenvalue weighted by atomic mass is 10.3. The molecule has 0 saturated heterocycles. The summed E-state index contributed by atoms with van der Waals surface area (Å²) in [6, 6.07) is 4.75. The molecule has 16 heavy (non-hydrogen) atoms. The van der Waals surface area contributed by atoms with Crippen LogP contribution in [0.2, 0.25) is 0 Å². The van der Waals surface area contributed by atoms with Crippen LogP contribution in [-0.2, 0) is 6.61 Å². The summed E-state index contributed by atoms with van der Waals surface area (Å²) in [4.78, 5) is 6.92.